The van der Waals surface area contributed by atoms with E-state index in [9.17, 15) is 0 Å². The first-order chi connectivity index (χ1) is 9.74. The van der Waals surface area contributed by atoms with Crippen molar-refractivity contribution in [2.45, 2.75) is 25.8 Å². The number of hydrogen-bond acceptors (Lipinski definition) is 1. The van der Waals surface area contributed by atoms with Crippen molar-refractivity contribution >= 4 is 0 Å². The van der Waals surface area contributed by atoms with E-state index >= 15 is 0 Å². The van der Waals surface area contributed by atoms with Crippen molar-refractivity contribution in [3.05, 3.63) is 83.9 Å². The molecule has 0 amide bonds. The predicted octanol–water partition coefficient (Wildman–Crippen LogP) is 4.37. The van der Waals surface area contributed by atoms with Crippen LogP contribution in [0, 0.1) is 0 Å². The first kappa shape index (κ1) is 14.5. The summed E-state index contributed by atoms with van der Waals surface area (Å²) >= 11 is 0. The zero-order chi connectivity index (χ0) is 14.4. The Morgan fingerprint density at radius 2 is 1.40 bits per heavy atom. The monoisotopic (exact) mass is 265 g/mol. The Morgan fingerprint density at radius 1 is 0.950 bits per heavy atom. The Morgan fingerprint density at radius 3 is 1.75 bits per heavy atom. The minimum atomic E-state index is 0.254. The van der Waals surface area contributed by atoms with Gasteiger partial charge in [0.2, 0.25) is 0 Å². The van der Waals surface area contributed by atoms with Crippen LogP contribution in [-0.4, -0.2) is 12.6 Å². The van der Waals surface area contributed by atoms with Crippen LogP contribution in [0.2, 0.25) is 0 Å². The fourth-order valence-corrected chi connectivity index (χ4v) is 2.69. The smallest absolute Gasteiger partial charge is 0.0384 e. The Labute approximate surface area is 122 Å². The lowest BCUT2D eigenvalue weighted by molar-refractivity contribution is 0.536. The molecule has 1 unspecified atom stereocenters. The summed E-state index contributed by atoms with van der Waals surface area (Å²) in [6, 6.07) is 21.6. The van der Waals surface area contributed by atoms with Crippen LogP contribution in [0.4, 0.5) is 0 Å². The molecule has 0 saturated heterocycles. The molecule has 0 saturated carbocycles. The molecule has 0 aliphatic rings. The van der Waals surface area contributed by atoms with Crippen molar-refractivity contribution in [2.24, 2.45) is 0 Å². The van der Waals surface area contributed by atoms with Crippen LogP contribution in [0.1, 0.15) is 30.9 Å². The quantitative estimate of drug-likeness (QED) is 0.765. The van der Waals surface area contributed by atoms with E-state index in [0.717, 1.165) is 6.54 Å². The summed E-state index contributed by atoms with van der Waals surface area (Å²) in [5.41, 5.74) is 3.82. The highest BCUT2D eigenvalue weighted by Crippen LogP contribution is 2.30. The van der Waals surface area contributed by atoms with Crippen LogP contribution >= 0.6 is 0 Å². The molecule has 20 heavy (non-hydrogen) atoms. The van der Waals surface area contributed by atoms with Crippen LogP contribution in [0.15, 0.2) is 72.8 Å². The molecule has 0 aliphatic carbocycles. The molecule has 1 atom stereocenters. The van der Waals surface area contributed by atoms with Gasteiger partial charge in [0.05, 0.1) is 0 Å². The van der Waals surface area contributed by atoms with Gasteiger partial charge in [0.25, 0.3) is 0 Å². The van der Waals surface area contributed by atoms with Gasteiger partial charge in [-0.15, -0.1) is 0 Å². The third-order valence-corrected chi connectivity index (χ3v) is 3.61. The number of likely N-dealkylation sites (N-methyl/N-ethyl adjacent to an activating group) is 1. The molecular weight excluding hydrogens is 242 g/mol. The van der Waals surface area contributed by atoms with Gasteiger partial charge in [-0.3, -0.25) is 0 Å². The van der Waals surface area contributed by atoms with Gasteiger partial charge in [0.15, 0.2) is 0 Å². The standard InChI is InChI=1S/C19H23N/c1-4-20-19(15(2)3)18(16-11-7-5-8-12-16)17-13-9-6-10-14-17/h5-14,18-20H,2,4H2,1,3H3. The number of benzene rings is 2. The maximum Gasteiger partial charge on any atom is 0.0384 e. The van der Waals surface area contributed by atoms with Crippen LogP contribution in [0.5, 0.6) is 0 Å². The van der Waals surface area contributed by atoms with Crippen LogP contribution < -0.4 is 5.32 Å². The lowest BCUT2D eigenvalue weighted by Gasteiger charge is -2.29. The summed E-state index contributed by atoms with van der Waals surface area (Å²) in [6.07, 6.45) is 0. The van der Waals surface area contributed by atoms with Crippen molar-refractivity contribution in [3.63, 3.8) is 0 Å². The highest BCUT2D eigenvalue weighted by molar-refractivity contribution is 5.37. The molecule has 1 nitrogen and oxygen atoms in total. The highest BCUT2D eigenvalue weighted by Gasteiger charge is 2.24. The SMILES string of the molecule is C=C(C)C(NCC)C(c1ccccc1)c1ccccc1. The fourth-order valence-electron chi connectivity index (χ4n) is 2.69. The Bertz CT molecular complexity index is 491. The third-order valence-electron chi connectivity index (χ3n) is 3.61. The van der Waals surface area contributed by atoms with E-state index in [4.69, 9.17) is 0 Å². The molecule has 0 fully saturated rings. The van der Waals surface area contributed by atoms with Crippen molar-refractivity contribution < 1.29 is 0 Å². The minimum Gasteiger partial charge on any atom is -0.310 e. The van der Waals surface area contributed by atoms with Gasteiger partial charge in [-0.1, -0.05) is 79.7 Å². The first-order valence-corrected chi connectivity index (χ1v) is 7.22. The predicted molar refractivity (Wildman–Crippen MR) is 87.0 cm³/mol. The van der Waals surface area contributed by atoms with Gasteiger partial charge in [0, 0.05) is 12.0 Å². The Kier molecular flexibility index (Phi) is 5.14. The molecule has 0 radical (unpaired) electrons. The Hall–Kier alpha value is -1.86. The van der Waals surface area contributed by atoms with Gasteiger partial charge in [-0.25, -0.2) is 0 Å². The topological polar surface area (TPSA) is 12.0 Å². The van der Waals surface area contributed by atoms with Gasteiger partial charge in [-0.05, 0) is 24.6 Å². The zero-order valence-electron chi connectivity index (χ0n) is 12.3. The normalized spacial score (nSPS) is 12.3. The molecule has 2 aromatic carbocycles. The van der Waals surface area contributed by atoms with Crippen LogP contribution in [0.25, 0.3) is 0 Å². The molecule has 0 aliphatic heterocycles. The number of rotatable bonds is 6. The van der Waals surface area contributed by atoms with Crippen LogP contribution in [-0.2, 0) is 0 Å². The number of nitrogens with one attached hydrogen (secondary N) is 1. The van der Waals surface area contributed by atoms with Crippen molar-refractivity contribution in [1.29, 1.82) is 0 Å². The van der Waals surface area contributed by atoms with E-state index in [2.05, 4.69) is 86.4 Å². The van der Waals surface area contributed by atoms with Gasteiger partial charge in [0.1, 0.15) is 0 Å². The van der Waals surface area contributed by atoms with E-state index in [-0.39, 0.29) is 6.04 Å². The minimum absolute atomic E-state index is 0.254. The molecule has 0 bridgehead atoms. The van der Waals surface area contributed by atoms with E-state index in [0.29, 0.717) is 5.92 Å². The first-order valence-electron chi connectivity index (χ1n) is 7.22. The maximum atomic E-state index is 4.18. The maximum absolute atomic E-state index is 4.18. The van der Waals surface area contributed by atoms with Gasteiger partial charge in [-0.2, -0.15) is 0 Å². The molecular formula is C19H23N. The molecule has 0 aromatic heterocycles. The highest BCUT2D eigenvalue weighted by atomic mass is 14.9. The summed E-state index contributed by atoms with van der Waals surface area (Å²) < 4.78 is 0. The van der Waals surface area contributed by atoms with E-state index in [1.165, 1.54) is 16.7 Å². The lowest BCUT2D eigenvalue weighted by Crippen LogP contribution is -2.36. The second-order valence-electron chi connectivity index (χ2n) is 5.18. The summed E-state index contributed by atoms with van der Waals surface area (Å²) in [4.78, 5) is 0. The Balaban J connectivity index is 2.46. The van der Waals surface area contributed by atoms with Crippen LogP contribution in [0.3, 0.4) is 0 Å². The lowest BCUT2D eigenvalue weighted by atomic mass is 9.82. The molecule has 0 heterocycles. The summed E-state index contributed by atoms with van der Waals surface area (Å²) in [6.45, 7) is 9.37. The van der Waals surface area contributed by atoms with E-state index < -0.39 is 0 Å². The fraction of sp³-hybridized carbons (Fsp3) is 0.263. The largest absolute Gasteiger partial charge is 0.310 e. The average molecular weight is 265 g/mol. The van der Waals surface area contributed by atoms with E-state index in [1.807, 2.05) is 0 Å². The average Bonchev–Trinajstić information content (AvgIpc) is 2.49. The zero-order valence-corrected chi connectivity index (χ0v) is 12.3. The van der Waals surface area contributed by atoms with Crippen molar-refractivity contribution in [2.75, 3.05) is 6.54 Å². The molecule has 1 heteroatoms. The molecule has 1 N–H and O–H groups in total. The number of hydrogen-bond donors (Lipinski definition) is 1. The second-order valence-corrected chi connectivity index (χ2v) is 5.18. The van der Waals surface area contributed by atoms with Gasteiger partial charge >= 0.3 is 0 Å². The van der Waals surface area contributed by atoms with E-state index in [1.54, 1.807) is 0 Å². The van der Waals surface area contributed by atoms with Crippen molar-refractivity contribution in [3.8, 4) is 0 Å². The molecule has 2 rings (SSSR count). The third kappa shape index (κ3) is 3.37. The summed E-state index contributed by atoms with van der Waals surface area (Å²) in [5, 5.41) is 3.58. The second kappa shape index (κ2) is 7.06. The summed E-state index contributed by atoms with van der Waals surface area (Å²) in [5.74, 6) is 0.301. The van der Waals surface area contributed by atoms with Crippen molar-refractivity contribution in [1.82, 2.24) is 5.32 Å². The molecule has 0 spiro atoms. The van der Waals surface area contributed by atoms with Gasteiger partial charge < -0.3 is 5.32 Å². The molecule has 104 valence electrons. The summed E-state index contributed by atoms with van der Waals surface area (Å²) in [7, 11) is 0. The molecule has 2 aromatic rings.